The second-order valence-corrected chi connectivity index (χ2v) is 5.35. The molecule has 100 valence electrons. The Hall–Kier alpha value is -1.11. The summed E-state index contributed by atoms with van der Waals surface area (Å²) in [7, 11) is 0. The van der Waals surface area contributed by atoms with Crippen LogP contribution in [0.3, 0.4) is 0 Å². The third-order valence-electron chi connectivity index (χ3n) is 2.40. The van der Waals surface area contributed by atoms with Crippen molar-refractivity contribution in [2.24, 2.45) is 0 Å². The van der Waals surface area contributed by atoms with E-state index in [0.29, 0.717) is 32.3 Å². The third kappa shape index (κ3) is 3.26. The second kappa shape index (κ2) is 5.90. The molecule has 0 amide bonds. The molecule has 1 N–H and O–H groups in total. The first-order chi connectivity index (χ1) is 8.99. The average molecular weight is 365 g/mol. The van der Waals surface area contributed by atoms with Crippen LogP contribution in [0, 0.1) is 0 Å². The fourth-order valence-corrected chi connectivity index (χ4v) is 2.31. The first-order valence-corrected chi connectivity index (χ1v) is 6.81. The third-order valence-corrected chi connectivity index (χ3v) is 4.16. The summed E-state index contributed by atoms with van der Waals surface area (Å²) in [4.78, 5) is 10.5. The molecule has 0 atom stereocenters. The lowest BCUT2D eigenvalue weighted by Crippen LogP contribution is -1.97. The van der Waals surface area contributed by atoms with Crippen molar-refractivity contribution < 1.29 is 9.90 Å². The van der Waals surface area contributed by atoms with Gasteiger partial charge in [-0.3, -0.25) is 4.79 Å². The maximum Gasteiger partial charge on any atom is 0.303 e. The number of aliphatic carboxylic acids is 1. The number of carbonyl (C=O) groups is 1. The number of aryl methyl sites for hydroxylation is 1. The number of hydrogen-bond acceptors (Lipinski definition) is 3. The Labute approximate surface area is 127 Å². The molecule has 1 heterocycles. The number of halogens is 3. The zero-order valence-corrected chi connectivity index (χ0v) is 12.6. The van der Waals surface area contributed by atoms with E-state index in [4.69, 9.17) is 28.3 Å². The van der Waals surface area contributed by atoms with E-state index in [9.17, 15) is 4.79 Å². The number of aromatic nitrogens is 3. The van der Waals surface area contributed by atoms with Gasteiger partial charge in [-0.25, -0.2) is 4.68 Å². The lowest BCUT2D eigenvalue weighted by atomic mass is 10.2. The van der Waals surface area contributed by atoms with Crippen LogP contribution in [0.5, 0.6) is 0 Å². The maximum absolute atomic E-state index is 10.5. The van der Waals surface area contributed by atoms with Crippen LogP contribution in [0.15, 0.2) is 22.8 Å². The molecule has 0 aliphatic rings. The normalized spacial score (nSPS) is 10.7. The molecule has 1 aromatic carbocycles. The molecule has 0 saturated carbocycles. The van der Waals surface area contributed by atoms with Crippen LogP contribution in [-0.4, -0.2) is 26.1 Å². The van der Waals surface area contributed by atoms with Crippen molar-refractivity contribution >= 4 is 45.1 Å². The molecule has 5 nitrogen and oxygen atoms in total. The van der Waals surface area contributed by atoms with E-state index in [0.717, 1.165) is 0 Å². The largest absolute Gasteiger partial charge is 0.481 e. The minimum absolute atomic E-state index is 0.00746. The summed E-state index contributed by atoms with van der Waals surface area (Å²) in [5, 5.41) is 17.2. The summed E-state index contributed by atoms with van der Waals surface area (Å²) < 4.78 is 2.16. The minimum Gasteiger partial charge on any atom is -0.481 e. The van der Waals surface area contributed by atoms with Gasteiger partial charge in [0.15, 0.2) is 0 Å². The molecule has 2 aromatic rings. The van der Waals surface area contributed by atoms with Gasteiger partial charge >= 0.3 is 5.97 Å². The van der Waals surface area contributed by atoms with Crippen LogP contribution < -0.4 is 0 Å². The fourth-order valence-electron chi connectivity index (χ4n) is 1.46. The van der Waals surface area contributed by atoms with Crippen LogP contribution in [-0.2, 0) is 11.2 Å². The summed E-state index contributed by atoms with van der Waals surface area (Å²) in [6.07, 6.45) is 1.96. The van der Waals surface area contributed by atoms with Gasteiger partial charge in [0, 0.05) is 10.9 Å². The number of benzene rings is 1. The molecule has 0 bridgehead atoms. The van der Waals surface area contributed by atoms with Crippen LogP contribution >= 0.6 is 39.1 Å². The molecule has 0 aliphatic carbocycles. The molecular formula is C11H8BrCl2N3O2. The van der Waals surface area contributed by atoms with Crippen LogP contribution in [0.1, 0.15) is 12.1 Å². The highest BCUT2D eigenvalue weighted by Crippen LogP contribution is 2.34. The highest BCUT2D eigenvalue weighted by Gasteiger charge is 2.12. The Balaban J connectivity index is 2.28. The lowest BCUT2D eigenvalue weighted by Gasteiger charge is -2.06. The van der Waals surface area contributed by atoms with E-state index in [1.54, 1.807) is 18.3 Å². The van der Waals surface area contributed by atoms with E-state index in [2.05, 4.69) is 26.2 Å². The number of hydrogen-bond donors (Lipinski definition) is 1. The van der Waals surface area contributed by atoms with Crippen LogP contribution in [0.25, 0.3) is 5.69 Å². The number of carboxylic acid groups (broad SMARTS) is 1. The summed E-state index contributed by atoms with van der Waals surface area (Å²) in [6.45, 7) is 0. The second-order valence-electron chi connectivity index (χ2n) is 3.74. The van der Waals surface area contributed by atoms with Crippen LogP contribution in [0.4, 0.5) is 0 Å². The summed E-state index contributed by atoms with van der Waals surface area (Å²) >= 11 is 15.4. The first kappa shape index (κ1) is 14.3. The van der Waals surface area contributed by atoms with Crippen molar-refractivity contribution in [3.05, 3.63) is 38.5 Å². The molecule has 19 heavy (non-hydrogen) atoms. The van der Waals surface area contributed by atoms with Gasteiger partial charge in [-0.15, -0.1) is 5.10 Å². The highest BCUT2D eigenvalue weighted by atomic mass is 79.9. The zero-order valence-electron chi connectivity index (χ0n) is 9.48. The lowest BCUT2D eigenvalue weighted by molar-refractivity contribution is -0.136. The van der Waals surface area contributed by atoms with Gasteiger partial charge in [0.2, 0.25) is 0 Å². The fraction of sp³-hybridized carbons (Fsp3) is 0.182. The molecule has 1 aromatic heterocycles. The van der Waals surface area contributed by atoms with Gasteiger partial charge in [0.1, 0.15) is 0 Å². The van der Waals surface area contributed by atoms with Gasteiger partial charge in [-0.2, -0.15) is 0 Å². The van der Waals surface area contributed by atoms with E-state index in [1.807, 2.05) is 0 Å². The topological polar surface area (TPSA) is 68.0 Å². The number of carboxylic acids is 1. The first-order valence-electron chi connectivity index (χ1n) is 5.26. The van der Waals surface area contributed by atoms with E-state index in [-0.39, 0.29) is 6.42 Å². The van der Waals surface area contributed by atoms with Crippen LogP contribution in [0.2, 0.25) is 10.0 Å². The van der Waals surface area contributed by atoms with Crippen molar-refractivity contribution in [3.8, 4) is 5.69 Å². The molecule has 0 unspecified atom stereocenters. The van der Waals surface area contributed by atoms with Crippen molar-refractivity contribution in [1.82, 2.24) is 15.0 Å². The van der Waals surface area contributed by atoms with Gasteiger partial charge in [0.05, 0.1) is 34.0 Å². The zero-order chi connectivity index (χ0) is 14.0. The van der Waals surface area contributed by atoms with E-state index < -0.39 is 5.97 Å². The quantitative estimate of drug-likeness (QED) is 0.844. The summed E-state index contributed by atoms with van der Waals surface area (Å²) in [6, 6.07) is 3.50. The Kier molecular flexibility index (Phi) is 4.44. The smallest absolute Gasteiger partial charge is 0.303 e. The van der Waals surface area contributed by atoms with E-state index in [1.165, 1.54) is 4.68 Å². The summed E-state index contributed by atoms with van der Waals surface area (Å²) in [5.74, 6) is -0.876. The minimum atomic E-state index is -0.876. The molecule has 0 radical (unpaired) electrons. The van der Waals surface area contributed by atoms with Gasteiger partial charge < -0.3 is 5.11 Å². The van der Waals surface area contributed by atoms with Gasteiger partial charge in [0.25, 0.3) is 0 Å². The predicted molar refractivity (Wildman–Crippen MR) is 75.0 cm³/mol. The monoisotopic (exact) mass is 363 g/mol. The highest BCUT2D eigenvalue weighted by molar-refractivity contribution is 9.10. The molecule has 0 fully saturated rings. The molecule has 0 aliphatic heterocycles. The molecule has 0 saturated heterocycles. The van der Waals surface area contributed by atoms with Crippen molar-refractivity contribution in [3.63, 3.8) is 0 Å². The van der Waals surface area contributed by atoms with Gasteiger partial charge in [-0.05, 0) is 28.1 Å². The predicted octanol–water partition coefficient (Wildman–Crippen LogP) is 3.35. The Morgan fingerprint density at radius 2 is 2.11 bits per heavy atom. The summed E-state index contributed by atoms with van der Waals surface area (Å²) in [5.41, 5.74) is 1.17. The van der Waals surface area contributed by atoms with Gasteiger partial charge in [-0.1, -0.05) is 28.4 Å². The Morgan fingerprint density at radius 3 is 2.79 bits per heavy atom. The van der Waals surface area contributed by atoms with Crippen molar-refractivity contribution in [2.75, 3.05) is 0 Å². The van der Waals surface area contributed by atoms with E-state index >= 15 is 0 Å². The average Bonchev–Trinajstić information content (AvgIpc) is 2.82. The van der Waals surface area contributed by atoms with Crippen molar-refractivity contribution in [1.29, 1.82) is 0 Å². The maximum atomic E-state index is 10.5. The van der Waals surface area contributed by atoms with Crippen molar-refractivity contribution in [2.45, 2.75) is 12.8 Å². The molecule has 0 spiro atoms. The Bertz CT molecular complexity index is 630. The molecule has 8 heteroatoms. The standard InChI is InChI=1S/C11H8BrCl2N3O2/c12-7-2-3-8(11(14)10(7)13)17-5-6(15-16-17)1-4-9(18)19/h2-3,5H,1,4H2,(H,18,19). The molecular weight excluding hydrogens is 357 g/mol. The SMILES string of the molecule is O=C(O)CCc1cn(-c2ccc(Br)c(Cl)c2Cl)nn1. The molecule has 2 rings (SSSR count). The number of rotatable bonds is 4. The Morgan fingerprint density at radius 1 is 1.37 bits per heavy atom. The number of nitrogens with zero attached hydrogens (tertiary/aromatic N) is 3.